The second-order valence-corrected chi connectivity index (χ2v) is 4.56. The molecule has 5 nitrogen and oxygen atoms in total. The Balaban J connectivity index is 2.29. The maximum absolute atomic E-state index is 11.5. The largest absolute Gasteiger partial charge is 0.465 e. The molecule has 0 saturated carbocycles. The van der Waals surface area contributed by atoms with E-state index in [2.05, 4.69) is 14.7 Å². The molecule has 2 aromatic heterocycles. The molecule has 18 heavy (non-hydrogen) atoms. The van der Waals surface area contributed by atoms with Gasteiger partial charge in [0.15, 0.2) is 10.6 Å². The zero-order valence-electron chi connectivity index (χ0n) is 10.3. The molecule has 0 aliphatic carbocycles. The maximum atomic E-state index is 11.5. The van der Waals surface area contributed by atoms with Crippen molar-refractivity contribution in [3.05, 3.63) is 33.8 Å². The van der Waals surface area contributed by atoms with E-state index in [4.69, 9.17) is 4.74 Å². The molecular weight excluding hydrogens is 252 g/mol. The van der Waals surface area contributed by atoms with Crippen LogP contribution in [0.2, 0.25) is 0 Å². The summed E-state index contributed by atoms with van der Waals surface area (Å²) >= 11 is 1.25. The van der Waals surface area contributed by atoms with Crippen LogP contribution in [-0.4, -0.2) is 23.0 Å². The summed E-state index contributed by atoms with van der Waals surface area (Å²) in [5, 5.41) is 1.75. The lowest BCUT2D eigenvalue weighted by Crippen LogP contribution is -2.02. The van der Waals surface area contributed by atoms with E-state index in [1.54, 1.807) is 11.4 Å². The van der Waals surface area contributed by atoms with Crippen molar-refractivity contribution >= 4 is 17.3 Å². The van der Waals surface area contributed by atoms with Crippen molar-refractivity contribution in [2.45, 2.75) is 13.8 Å². The number of nitrogens with zero attached hydrogens (tertiary/aromatic N) is 2. The molecule has 0 aliphatic rings. The van der Waals surface area contributed by atoms with Gasteiger partial charge in [-0.25, -0.2) is 14.8 Å². The van der Waals surface area contributed by atoms with Crippen LogP contribution in [0.25, 0.3) is 0 Å². The van der Waals surface area contributed by atoms with Gasteiger partial charge >= 0.3 is 12.0 Å². The first-order valence-electron chi connectivity index (χ1n) is 5.26. The van der Waals surface area contributed by atoms with Crippen molar-refractivity contribution in [2.75, 3.05) is 7.11 Å². The number of ether oxygens (including phenoxy) is 2. The number of hydrogen-bond donors (Lipinski definition) is 0. The lowest BCUT2D eigenvalue weighted by atomic mass is 10.4. The van der Waals surface area contributed by atoms with Crippen LogP contribution in [-0.2, 0) is 4.74 Å². The second kappa shape index (κ2) is 5.14. The summed E-state index contributed by atoms with van der Waals surface area (Å²) in [6.07, 6.45) is 0. The lowest BCUT2D eigenvalue weighted by Gasteiger charge is -2.05. The fourth-order valence-electron chi connectivity index (χ4n) is 1.46. The zero-order chi connectivity index (χ0) is 13.1. The molecule has 94 valence electrons. The number of methoxy groups -OCH3 is 1. The van der Waals surface area contributed by atoms with Crippen LogP contribution in [0.5, 0.6) is 11.8 Å². The van der Waals surface area contributed by atoms with E-state index in [1.165, 1.54) is 18.4 Å². The van der Waals surface area contributed by atoms with Gasteiger partial charge in [0.1, 0.15) is 0 Å². The van der Waals surface area contributed by atoms with Gasteiger partial charge in [-0.15, -0.1) is 11.3 Å². The van der Waals surface area contributed by atoms with Gasteiger partial charge in [0, 0.05) is 11.4 Å². The Morgan fingerprint density at radius 1 is 1.28 bits per heavy atom. The molecule has 0 aromatic carbocycles. The molecule has 2 aromatic rings. The number of rotatable bonds is 3. The lowest BCUT2D eigenvalue weighted by molar-refractivity contribution is 0.0603. The van der Waals surface area contributed by atoms with E-state index in [0.29, 0.717) is 10.6 Å². The van der Waals surface area contributed by atoms with Gasteiger partial charge in [0.25, 0.3) is 0 Å². The second-order valence-electron chi connectivity index (χ2n) is 3.64. The van der Waals surface area contributed by atoms with Gasteiger partial charge in [0.05, 0.1) is 7.11 Å². The summed E-state index contributed by atoms with van der Waals surface area (Å²) < 4.78 is 10.2. The van der Waals surface area contributed by atoms with Gasteiger partial charge in [-0.05, 0) is 31.4 Å². The molecule has 6 heteroatoms. The molecule has 2 heterocycles. The predicted octanol–water partition coefficient (Wildman–Crippen LogP) is 2.73. The van der Waals surface area contributed by atoms with E-state index < -0.39 is 5.97 Å². The molecule has 0 N–H and O–H groups in total. The monoisotopic (exact) mass is 264 g/mol. The standard InChI is InChI=1S/C12H12N2O3S/c1-7-6-8(2)14-12(13-7)17-9-4-5-18-10(9)11(15)16-3/h4-6H,1-3H3. The number of thiophene rings is 1. The molecule has 0 atom stereocenters. The third-order valence-electron chi connectivity index (χ3n) is 2.16. The Kier molecular flexibility index (Phi) is 3.57. The van der Waals surface area contributed by atoms with Crippen LogP contribution in [0.1, 0.15) is 21.1 Å². The van der Waals surface area contributed by atoms with E-state index in [-0.39, 0.29) is 6.01 Å². The quantitative estimate of drug-likeness (QED) is 0.798. The van der Waals surface area contributed by atoms with Crippen LogP contribution in [0, 0.1) is 13.8 Å². The minimum absolute atomic E-state index is 0.232. The van der Waals surface area contributed by atoms with Gasteiger partial charge in [-0.2, -0.15) is 0 Å². The highest BCUT2D eigenvalue weighted by molar-refractivity contribution is 7.12. The molecule has 0 saturated heterocycles. The molecule has 0 bridgehead atoms. The van der Waals surface area contributed by atoms with Crippen LogP contribution >= 0.6 is 11.3 Å². The topological polar surface area (TPSA) is 61.3 Å². The summed E-state index contributed by atoms with van der Waals surface area (Å²) in [5.41, 5.74) is 1.62. The first-order chi connectivity index (χ1) is 8.60. The van der Waals surface area contributed by atoms with Crippen LogP contribution < -0.4 is 4.74 Å². The average Bonchev–Trinajstić information content (AvgIpc) is 2.74. The van der Waals surface area contributed by atoms with Gasteiger partial charge in [-0.3, -0.25) is 0 Å². The molecule has 0 fully saturated rings. The number of carbonyl (C=O) groups excluding carboxylic acids is 1. The molecule has 0 aliphatic heterocycles. The van der Waals surface area contributed by atoms with E-state index in [9.17, 15) is 4.79 Å². The first kappa shape index (κ1) is 12.5. The highest BCUT2D eigenvalue weighted by atomic mass is 32.1. The highest BCUT2D eigenvalue weighted by Gasteiger charge is 2.16. The van der Waals surface area contributed by atoms with Crippen molar-refractivity contribution < 1.29 is 14.3 Å². The smallest absolute Gasteiger partial charge is 0.351 e. The van der Waals surface area contributed by atoms with E-state index >= 15 is 0 Å². The normalized spacial score (nSPS) is 10.2. The summed E-state index contributed by atoms with van der Waals surface area (Å²) in [7, 11) is 1.33. The fraction of sp³-hybridized carbons (Fsp3) is 0.250. The zero-order valence-corrected chi connectivity index (χ0v) is 11.1. The Bertz CT molecular complexity index is 560. The number of aryl methyl sites for hydroxylation is 2. The third-order valence-corrected chi connectivity index (χ3v) is 3.04. The third kappa shape index (κ3) is 2.65. The van der Waals surface area contributed by atoms with Gasteiger partial charge in [-0.1, -0.05) is 0 Å². The Hall–Kier alpha value is -1.95. The number of carbonyl (C=O) groups is 1. The number of esters is 1. The average molecular weight is 264 g/mol. The maximum Gasteiger partial charge on any atom is 0.351 e. The van der Waals surface area contributed by atoms with Crippen molar-refractivity contribution in [1.82, 2.24) is 9.97 Å². The molecule has 2 rings (SSSR count). The predicted molar refractivity (Wildman–Crippen MR) is 67.2 cm³/mol. The van der Waals surface area contributed by atoms with Crippen LogP contribution in [0.15, 0.2) is 17.5 Å². The molecule has 0 amide bonds. The highest BCUT2D eigenvalue weighted by Crippen LogP contribution is 2.28. The Morgan fingerprint density at radius 2 is 1.94 bits per heavy atom. The minimum Gasteiger partial charge on any atom is -0.465 e. The Labute approximate surface area is 108 Å². The van der Waals surface area contributed by atoms with Crippen molar-refractivity contribution in [3.63, 3.8) is 0 Å². The van der Waals surface area contributed by atoms with Crippen molar-refractivity contribution in [3.8, 4) is 11.8 Å². The van der Waals surface area contributed by atoms with Gasteiger partial charge in [0.2, 0.25) is 0 Å². The molecule has 0 spiro atoms. The Morgan fingerprint density at radius 3 is 2.56 bits per heavy atom. The van der Waals surface area contributed by atoms with Gasteiger partial charge < -0.3 is 9.47 Å². The fourth-order valence-corrected chi connectivity index (χ4v) is 2.19. The van der Waals surface area contributed by atoms with E-state index in [1.807, 2.05) is 19.9 Å². The van der Waals surface area contributed by atoms with Crippen LogP contribution in [0.3, 0.4) is 0 Å². The summed E-state index contributed by atoms with van der Waals surface area (Å²) in [6, 6.07) is 3.77. The molecule has 0 unspecified atom stereocenters. The van der Waals surface area contributed by atoms with Crippen molar-refractivity contribution in [1.29, 1.82) is 0 Å². The van der Waals surface area contributed by atoms with Crippen molar-refractivity contribution in [2.24, 2.45) is 0 Å². The summed E-state index contributed by atoms with van der Waals surface area (Å²) in [6.45, 7) is 3.72. The molecule has 0 radical (unpaired) electrons. The SMILES string of the molecule is COC(=O)c1sccc1Oc1nc(C)cc(C)n1. The van der Waals surface area contributed by atoms with Crippen LogP contribution in [0.4, 0.5) is 0 Å². The first-order valence-corrected chi connectivity index (χ1v) is 6.14. The number of hydrogen-bond acceptors (Lipinski definition) is 6. The minimum atomic E-state index is -0.427. The van der Waals surface area contributed by atoms with E-state index in [0.717, 1.165) is 11.4 Å². The summed E-state index contributed by atoms with van der Waals surface area (Å²) in [5.74, 6) is -0.0128. The molecular formula is C12H12N2O3S. The summed E-state index contributed by atoms with van der Waals surface area (Å²) in [4.78, 5) is 20.2. The number of aromatic nitrogens is 2.